The van der Waals surface area contributed by atoms with Crippen molar-refractivity contribution in [2.24, 2.45) is 5.92 Å². The second kappa shape index (κ2) is 9.91. The molecular weight excluding hydrogens is 414 g/mol. The van der Waals surface area contributed by atoms with Crippen LogP contribution in [0.2, 0.25) is 0 Å². The zero-order valence-electron chi connectivity index (χ0n) is 19.2. The Kier molecular flexibility index (Phi) is 6.58. The Balaban J connectivity index is 1.35. The summed E-state index contributed by atoms with van der Waals surface area (Å²) in [6.45, 7) is 5.05. The van der Waals surface area contributed by atoms with E-state index in [4.69, 9.17) is 0 Å². The minimum Gasteiger partial charge on any atom is -0.324 e. The fourth-order valence-electron chi connectivity index (χ4n) is 5.37. The summed E-state index contributed by atoms with van der Waals surface area (Å²) >= 11 is 0. The predicted molar refractivity (Wildman–Crippen MR) is 130 cm³/mol. The Morgan fingerprint density at radius 3 is 2.67 bits per heavy atom. The molecule has 33 heavy (non-hydrogen) atoms. The third-order valence-electron chi connectivity index (χ3n) is 7.17. The Morgan fingerprint density at radius 2 is 1.82 bits per heavy atom. The van der Waals surface area contributed by atoms with Crippen LogP contribution >= 0.6 is 0 Å². The van der Waals surface area contributed by atoms with Gasteiger partial charge in [-0.1, -0.05) is 25.0 Å². The average molecular weight is 448 g/mol. The van der Waals surface area contributed by atoms with Crippen LogP contribution in [0.25, 0.3) is 0 Å². The van der Waals surface area contributed by atoms with E-state index in [0.29, 0.717) is 28.7 Å². The van der Waals surface area contributed by atoms with Gasteiger partial charge in [-0.15, -0.1) is 0 Å². The molecule has 2 fully saturated rings. The van der Waals surface area contributed by atoms with Crippen LogP contribution in [-0.4, -0.2) is 59.4 Å². The van der Waals surface area contributed by atoms with Gasteiger partial charge in [0.25, 0.3) is 5.91 Å². The van der Waals surface area contributed by atoms with Crippen molar-refractivity contribution in [2.75, 3.05) is 42.9 Å². The Morgan fingerprint density at radius 1 is 1.00 bits per heavy atom. The molecule has 0 radical (unpaired) electrons. The monoisotopic (exact) mass is 447 g/mol. The van der Waals surface area contributed by atoms with E-state index < -0.39 is 0 Å². The maximum atomic E-state index is 13.9. The van der Waals surface area contributed by atoms with E-state index in [1.54, 1.807) is 29.3 Å². The zero-order chi connectivity index (χ0) is 22.6. The number of pyridine rings is 1. The van der Waals surface area contributed by atoms with Gasteiger partial charge in [0.1, 0.15) is 0 Å². The van der Waals surface area contributed by atoms with Crippen LogP contribution in [0.4, 0.5) is 22.0 Å². The number of fused-ring (bicyclic) bond motifs is 2. The summed E-state index contributed by atoms with van der Waals surface area (Å²) < 4.78 is 0. The number of hydrogen-bond acceptors (Lipinski definition) is 4. The van der Waals surface area contributed by atoms with Gasteiger partial charge in [-0.05, 0) is 81.9 Å². The van der Waals surface area contributed by atoms with Gasteiger partial charge < -0.3 is 15.1 Å². The number of nitrogens with zero attached hydrogens (tertiary/aromatic N) is 4. The lowest BCUT2D eigenvalue weighted by atomic mass is 9.94. The number of anilines is 3. The first kappa shape index (κ1) is 21.9. The number of aromatic nitrogens is 1. The molecule has 174 valence electrons. The van der Waals surface area contributed by atoms with Crippen molar-refractivity contribution in [3.63, 3.8) is 0 Å². The smallest absolute Gasteiger partial charge is 0.324 e. The zero-order valence-corrected chi connectivity index (χ0v) is 19.2. The minimum absolute atomic E-state index is 0.0987. The fraction of sp³-hybridized carbons (Fsp3) is 0.500. The third-order valence-corrected chi connectivity index (χ3v) is 7.17. The lowest BCUT2D eigenvalue weighted by molar-refractivity contribution is 0.102. The van der Waals surface area contributed by atoms with Crippen LogP contribution in [0.5, 0.6) is 0 Å². The van der Waals surface area contributed by atoms with E-state index in [2.05, 4.69) is 15.2 Å². The molecule has 1 N–H and O–H groups in total. The summed E-state index contributed by atoms with van der Waals surface area (Å²) in [7, 11) is 0. The summed E-state index contributed by atoms with van der Waals surface area (Å²) in [5, 5.41) is 2.92. The standard InChI is InChI=1S/C26H33N5O2/c32-25-21-10-3-4-12-23(21)31(24-22(28-25)11-7-14-27-24)26(33)30-17-8-9-20(19-30)13-18-29-15-5-1-2-6-16-29/h3-4,7,10-12,14,20H,1-2,5-6,8-9,13,15-19H2,(H,28,32). The topological polar surface area (TPSA) is 68.8 Å². The number of amides is 3. The molecule has 7 nitrogen and oxygen atoms in total. The van der Waals surface area contributed by atoms with Gasteiger partial charge in [-0.3, -0.25) is 4.79 Å². The molecule has 2 saturated heterocycles. The maximum absolute atomic E-state index is 13.9. The van der Waals surface area contributed by atoms with Gasteiger partial charge in [-0.25, -0.2) is 14.7 Å². The molecule has 0 spiro atoms. The number of likely N-dealkylation sites (tertiary alicyclic amines) is 2. The van der Waals surface area contributed by atoms with Gasteiger partial charge >= 0.3 is 6.03 Å². The van der Waals surface area contributed by atoms with Crippen LogP contribution in [0.1, 0.15) is 55.3 Å². The Labute approximate surface area is 195 Å². The van der Waals surface area contributed by atoms with E-state index in [1.165, 1.54) is 45.2 Å². The molecule has 0 saturated carbocycles. The van der Waals surface area contributed by atoms with Crippen LogP contribution in [-0.2, 0) is 0 Å². The number of carbonyl (C=O) groups excluding carboxylic acids is 2. The first-order valence-corrected chi connectivity index (χ1v) is 12.4. The molecule has 4 heterocycles. The molecule has 3 amide bonds. The number of hydrogen-bond donors (Lipinski definition) is 1. The maximum Gasteiger partial charge on any atom is 0.330 e. The number of nitrogens with one attached hydrogen (secondary N) is 1. The molecule has 2 aromatic rings. The van der Waals surface area contributed by atoms with Crippen molar-refractivity contribution in [3.05, 3.63) is 48.2 Å². The highest BCUT2D eigenvalue weighted by Gasteiger charge is 2.34. The van der Waals surface area contributed by atoms with Crippen molar-refractivity contribution in [3.8, 4) is 0 Å². The molecule has 3 aliphatic heterocycles. The van der Waals surface area contributed by atoms with Gasteiger partial charge in [-0.2, -0.15) is 0 Å². The number of piperidine rings is 1. The molecule has 1 aromatic heterocycles. The average Bonchev–Trinajstić information content (AvgIpc) is 3.19. The molecule has 0 aliphatic carbocycles. The van der Waals surface area contributed by atoms with E-state index in [0.717, 1.165) is 32.5 Å². The highest BCUT2D eigenvalue weighted by molar-refractivity contribution is 6.16. The lowest BCUT2D eigenvalue weighted by Crippen LogP contribution is -2.47. The molecule has 7 heteroatoms. The molecule has 1 atom stereocenters. The first-order valence-electron chi connectivity index (χ1n) is 12.4. The van der Waals surface area contributed by atoms with Crippen LogP contribution < -0.4 is 10.2 Å². The van der Waals surface area contributed by atoms with Crippen molar-refractivity contribution >= 4 is 29.1 Å². The highest BCUT2D eigenvalue weighted by Crippen LogP contribution is 2.37. The normalized spacial score (nSPS) is 21.5. The van der Waals surface area contributed by atoms with Crippen molar-refractivity contribution in [1.29, 1.82) is 0 Å². The summed E-state index contributed by atoms with van der Waals surface area (Å²) in [4.78, 5) is 37.4. The number of para-hydroxylation sites is 1. The van der Waals surface area contributed by atoms with E-state index >= 15 is 0 Å². The molecule has 0 bridgehead atoms. The van der Waals surface area contributed by atoms with E-state index in [1.807, 2.05) is 23.1 Å². The molecule has 1 aromatic carbocycles. The van der Waals surface area contributed by atoms with Crippen molar-refractivity contribution in [1.82, 2.24) is 14.8 Å². The molecule has 1 unspecified atom stereocenters. The van der Waals surface area contributed by atoms with Crippen molar-refractivity contribution in [2.45, 2.75) is 44.9 Å². The van der Waals surface area contributed by atoms with Crippen LogP contribution in [0.3, 0.4) is 0 Å². The van der Waals surface area contributed by atoms with Crippen molar-refractivity contribution < 1.29 is 9.59 Å². The molecule has 5 rings (SSSR count). The minimum atomic E-state index is -0.218. The Bertz CT molecular complexity index is 1000. The second-order valence-corrected chi connectivity index (χ2v) is 9.46. The summed E-state index contributed by atoms with van der Waals surface area (Å²) in [5.41, 5.74) is 1.63. The predicted octanol–water partition coefficient (Wildman–Crippen LogP) is 4.88. The number of urea groups is 1. The third kappa shape index (κ3) is 4.74. The Hall–Kier alpha value is -2.93. The van der Waals surface area contributed by atoms with Crippen LogP contribution in [0.15, 0.2) is 42.6 Å². The van der Waals surface area contributed by atoms with E-state index in [-0.39, 0.29) is 11.9 Å². The number of carbonyl (C=O) groups is 2. The largest absolute Gasteiger partial charge is 0.330 e. The second-order valence-electron chi connectivity index (χ2n) is 9.46. The summed E-state index contributed by atoms with van der Waals surface area (Å²) in [6.07, 6.45) is 10.3. The SMILES string of the molecule is O=C1Nc2cccnc2N(C(=O)N2CCCC(CCN3CCCCCC3)C2)c2ccccc21. The molecule has 3 aliphatic rings. The summed E-state index contributed by atoms with van der Waals surface area (Å²) in [5.74, 6) is 0.771. The highest BCUT2D eigenvalue weighted by atomic mass is 16.2. The lowest BCUT2D eigenvalue weighted by Gasteiger charge is -2.37. The van der Waals surface area contributed by atoms with Gasteiger partial charge in [0.15, 0.2) is 5.82 Å². The number of rotatable bonds is 3. The fourth-order valence-corrected chi connectivity index (χ4v) is 5.37. The van der Waals surface area contributed by atoms with Gasteiger partial charge in [0.2, 0.25) is 0 Å². The quantitative estimate of drug-likeness (QED) is 0.728. The van der Waals surface area contributed by atoms with Gasteiger partial charge in [0.05, 0.1) is 16.9 Å². The number of benzene rings is 1. The van der Waals surface area contributed by atoms with Crippen LogP contribution in [0, 0.1) is 5.92 Å². The van der Waals surface area contributed by atoms with Gasteiger partial charge in [0, 0.05) is 19.3 Å². The molecular formula is C26H33N5O2. The van der Waals surface area contributed by atoms with E-state index in [9.17, 15) is 9.59 Å². The summed E-state index contributed by atoms with van der Waals surface area (Å²) in [6, 6.07) is 10.8. The first-order chi connectivity index (χ1) is 16.2.